The second kappa shape index (κ2) is 4.44. The molecule has 20 heavy (non-hydrogen) atoms. The molecule has 0 unspecified atom stereocenters. The van der Waals surface area contributed by atoms with Gasteiger partial charge in [0.15, 0.2) is 11.5 Å². The van der Waals surface area contributed by atoms with Crippen LogP contribution in [0.5, 0.6) is 0 Å². The number of hydrogen-bond donors (Lipinski definition) is 0. The molecule has 0 fully saturated rings. The highest BCUT2D eigenvalue weighted by molar-refractivity contribution is 5.83. The molecule has 0 spiro atoms. The summed E-state index contributed by atoms with van der Waals surface area (Å²) in [5.74, 6) is 0.549. The Morgan fingerprint density at radius 1 is 1.25 bits per heavy atom. The third kappa shape index (κ3) is 1.85. The molecule has 0 saturated heterocycles. The minimum Gasteiger partial charge on any atom is -0.300 e. The van der Waals surface area contributed by atoms with E-state index in [1.807, 2.05) is 6.07 Å². The lowest BCUT2D eigenvalue weighted by molar-refractivity contribution is -0.384. The molecule has 0 saturated carbocycles. The Morgan fingerprint density at radius 2 is 2.10 bits per heavy atom. The predicted octanol–water partition coefficient (Wildman–Crippen LogP) is 2.20. The summed E-state index contributed by atoms with van der Waals surface area (Å²) < 4.78 is 1.76. The van der Waals surface area contributed by atoms with Crippen LogP contribution < -0.4 is 0 Å². The first kappa shape index (κ1) is 11.8. The number of benzene rings is 1. The van der Waals surface area contributed by atoms with Crippen LogP contribution in [0.1, 0.15) is 5.69 Å². The van der Waals surface area contributed by atoms with Crippen molar-refractivity contribution in [2.75, 3.05) is 0 Å². The molecule has 96 valence electrons. The Morgan fingerprint density at radius 3 is 2.75 bits per heavy atom. The summed E-state index contributed by atoms with van der Waals surface area (Å²) in [6.45, 7) is 0. The average molecular weight is 265 g/mol. The Bertz CT molecular complexity index is 845. The van der Waals surface area contributed by atoms with Crippen LogP contribution >= 0.6 is 0 Å². The topological polar surface area (TPSA) is 97.6 Å². The van der Waals surface area contributed by atoms with Crippen LogP contribution in [0.15, 0.2) is 42.9 Å². The largest absolute Gasteiger partial charge is 0.300 e. The van der Waals surface area contributed by atoms with Gasteiger partial charge in [-0.3, -0.25) is 14.7 Å². The molecule has 0 aliphatic heterocycles. The minimum atomic E-state index is -0.432. The van der Waals surface area contributed by atoms with Gasteiger partial charge in [-0.15, -0.1) is 0 Å². The van der Waals surface area contributed by atoms with Crippen molar-refractivity contribution >= 4 is 16.6 Å². The van der Waals surface area contributed by atoms with E-state index >= 15 is 0 Å². The number of non-ortho nitro benzene ring substituents is 1. The zero-order valence-electron chi connectivity index (χ0n) is 10.1. The van der Waals surface area contributed by atoms with Crippen LogP contribution in [0.3, 0.4) is 0 Å². The van der Waals surface area contributed by atoms with E-state index in [2.05, 4.69) is 9.97 Å². The maximum atomic E-state index is 10.7. The molecule has 0 N–H and O–H groups in total. The van der Waals surface area contributed by atoms with Gasteiger partial charge in [0.25, 0.3) is 5.69 Å². The maximum Gasteiger partial charge on any atom is 0.270 e. The summed E-state index contributed by atoms with van der Waals surface area (Å²) in [6.07, 6.45) is 4.62. The zero-order chi connectivity index (χ0) is 14.1. The number of nitro groups is 1. The van der Waals surface area contributed by atoms with Gasteiger partial charge in [-0.25, -0.2) is 9.97 Å². The van der Waals surface area contributed by atoms with Crippen LogP contribution in [-0.2, 0) is 0 Å². The van der Waals surface area contributed by atoms with E-state index in [9.17, 15) is 10.1 Å². The third-order valence-electron chi connectivity index (χ3n) is 2.88. The fraction of sp³-hybridized carbons (Fsp3) is 0. The van der Waals surface area contributed by atoms with E-state index in [0.29, 0.717) is 5.82 Å². The first-order chi connectivity index (χ1) is 9.69. The molecule has 2 aromatic heterocycles. The molecule has 0 bridgehead atoms. The molecule has 0 atom stereocenters. The highest BCUT2D eigenvalue weighted by Gasteiger charge is 2.10. The summed E-state index contributed by atoms with van der Waals surface area (Å²) in [6, 6.07) is 8.27. The van der Waals surface area contributed by atoms with Crippen molar-refractivity contribution < 1.29 is 4.92 Å². The Labute approximate surface area is 112 Å². The highest BCUT2D eigenvalue weighted by Crippen LogP contribution is 2.23. The van der Waals surface area contributed by atoms with Crippen molar-refractivity contribution in [2.24, 2.45) is 0 Å². The summed E-state index contributed by atoms with van der Waals surface area (Å²) >= 11 is 0. The molecule has 2 heterocycles. The number of nitro benzene ring substituents is 1. The average Bonchev–Trinajstić information content (AvgIpc) is 2.90. The molecule has 3 rings (SSSR count). The number of hydrogen-bond acceptors (Lipinski definition) is 5. The van der Waals surface area contributed by atoms with Crippen LogP contribution in [0, 0.1) is 21.4 Å². The van der Waals surface area contributed by atoms with Crippen molar-refractivity contribution in [1.29, 1.82) is 5.26 Å². The minimum absolute atomic E-state index is 0.0427. The first-order valence-electron chi connectivity index (χ1n) is 5.67. The van der Waals surface area contributed by atoms with Crippen LogP contribution in [0.2, 0.25) is 0 Å². The lowest BCUT2D eigenvalue weighted by atomic mass is 10.2. The zero-order valence-corrected chi connectivity index (χ0v) is 10.1. The summed E-state index contributed by atoms with van der Waals surface area (Å²) in [4.78, 5) is 18.4. The normalized spacial score (nSPS) is 10.3. The van der Waals surface area contributed by atoms with Gasteiger partial charge in [0.05, 0.1) is 22.8 Å². The fourth-order valence-electron chi connectivity index (χ4n) is 1.95. The molecule has 0 amide bonds. The van der Waals surface area contributed by atoms with Gasteiger partial charge < -0.3 is 0 Å². The number of rotatable bonds is 2. The van der Waals surface area contributed by atoms with E-state index in [-0.39, 0.29) is 11.4 Å². The quantitative estimate of drug-likeness (QED) is 0.522. The molecule has 3 aromatic rings. The van der Waals surface area contributed by atoms with E-state index in [4.69, 9.17) is 5.26 Å². The van der Waals surface area contributed by atoms with E-state index < -0.39 is 4.92 Å². The molecule has 1 aromatic carbocycles. The standard InChI is InChI=1S/C13H7N5O2/c14-6-10-7-16-13(8-15-10)17-4-3-9-5-11(18(19)20)1-2-12(9)17/h1-5,7-8H. The second-order valence-electron chi connectivity index (χ2n) is 4.06. The lowest BCUT2D eigenvalue weighted by Gasteiger charge is -2.03. The Hall–Kier alpha value is -3.27. The van der Waals surface area contributed by atoms with Gasteiger partial charge in [-0.05, 0) is 12.1 Å². The molecular weight excluding hydrogens is 258 g/mol. The fourth-order valence-corrected chi connectivity index (χ4v) is 1.95. The van der Waals surface area contributed by atoms with Crippen molar-refractivity contribution in [2.45, 2.75) is 0 Å². The van der Waals surface area contributed by atoms with Crippen molar-refractivity contribution in [1.82, 2.24) is 14.5 Å². The van der Waals surface area contributed by atoms with E-state index in [0.717, 1.165) is 10.9 Å². The summed E-state index contributed by atoms with van der Waals surface area (Å²) in [5, 5.41) is 20.2. The SMILES string of the molecule is N#Cc1cnc(-n2ccc3cc([N+](=O)[O-])ccc32)cn1. The predicted molar refractivity (Wildman–Crippen MR) is 70.2 cm³/mol. The molecular formula is C13H7N5O2. The van der Waals surface area contributed by atoms with Crippen LogP contribution in [0.25, 0.3) is 16.7 Å². The molecule has 7 nitrogen and oxygen atoms in total. The molecule has 0 radical (unpaired) electrons. The summed E-state index contributed by atoms with van der Waals surface area (Å²) in [5.41, 5.74) is 1.07. The monoisotopic (exact) mass is 265 g/mol. The number of fused-ring (bicyclic) bond motifs is 1. The van der Waals surface area contributed by atoms with Crippen molar-refractivity contribution in [3.05, 3.63) is 58.7 Å². The van der Waals surface area contributed by atoms with Gasteiger partial charge in [-0.1, -0.05) is 0 Å². The molecule has 7 heteroatoms. The van der Waals surface area contributed by atoms with Crippen LogP contribution in [-0.4, -0.2) is 19.5 Å². The molecule has 0 aliphatic rings. The van der Waals surface area contributed by atoms with Gasteiger partial charge in [-0.2, -0.15) is 5.26 Å². The Kier molecular flexibility index (Phi) is 2.62. The van der Waals surface area contributed by atoms with Crippen molar-refractivity contribution in [3.63, 3.8) is 0 Å². The summed E-state index contributed by atoms with van der Waals surface area (Å²) in [7, 11) is 0. The van der Waals surface area contributed by atoms with Crippen LogP contribution in [0.4, 0.5) is 5.69 Å². The van der Waals surface area contributed by atoms with Gasteiger partial charge >= 0.3 is 0 Å². The van der Waals surface area contributed by atoms with Crippen molar-refractivity contribution in [3.8, 4) is 11.9 Å². The third-order valence-corrected chi connectivity index (χ3v) is 2.88. The first-order valence-corrected chi connectivity index (χ1v) is 5.67. The number of nitriles is 1. The highest BCUT2D eigenvalue weighted by atomic mass is 16.6. The lowest BCUT2D eigenvalue weighted by Crippen LogP contribution is -1.97. The molecule has 0 aliphatic carbocycles. The van der Waals surface area contributed by atoms with E-state index in [1.165, 1.54) is 24.5 Å². The van der Waals surface area contributed by atoms with Gasteiger partial charge in [0.2, 0.25) is 0 Å². The van der Waals surface area contributed by atoms with E-state index in [1.54, 1.807) is 22.9 Å². The van der Waals surface area contributed by atoms with Gasteiger partial charge in [0, 0.05) is 23.7 Å². The number of aromatic nitrogens is 3. The maximum absolute atomic E-state index is 10.7. The second-order valence-corrected chi connectivity index (χ2v) is 4.06. The Balaban J connectivity index is 2.12. The number of nitrogens with zero attached hydrogens (tertiary/aromatic N) is 5. The van der Waals surface area contributed by atoms with Gasteiger partial charge in [0.1, 0.15) is 6.07 Å². The smallest absolute Gasteiger partial charge is 0.270 e.